The van der Waals surface area contributed by atoms with Crippen molar-refractivity contribution in [2.24, 2.45) is 5.92 Å². The van der Waals surface area contributed by atoms with Crippen LogP contribution in [-0.4, -0.2) is 45.3 Å². The molecule has 4 rings (SSSR count). The fourth-order valence-corrected chi connectivity index (χ4v) is 3.75. The fraction of sp³-hybridized carbons (Fsp3) is 0.429. The number of carbonyl (C=O) groups excluding carboxylic acids is 1. The summed E-state index contributed by atoms with van der Waals surface area (Å²) in [6.07, 6.45) is 3.18. The molecular formula is C21H25N5O3. The molecular weight excluding hydrogens is 370 g/mol. The highest BCUT2D eigenvalue weighted by atomic mass is 16.5. The summed E-state index contributed by atoms with van der Waals surface area (Å²) in [6.45, 7) is 3.36. The van der Waals surface area contributed by atoms with Crippen LogP contribution in [0, 0.1) is 5.92 Å². The lowest BCUT2D eigenvalue weighted by Gasteiger charge is -2.36. The maximum atomic E-state index is 12.8. The standard InChI is InChI=1S/C21H25N5O3/c1-2-5-14-10-15(29-25-14)11-22-21(28)17-12-26(9-8-19(17)27)20-16-6-3-4-7-18(16)23-13-24-20/h3-4,6-7,10,13,17,19,27H,2,5,8-9,11-12H2,1H3,(H,22,28)/t17-,19+/m0/s1. The van der Waals surface area contributed by atoms with Crippen LogP contribution in [0.5, 0.6) is 0 Å². The van der Waals surface area contributed by atoms with Gasteiger partial charge in [0.25, 0.3) is 0 Å². The van der Waals surface area contributed by atoms with E-state index in [0.717, 1.165) is 35.3 Å². The van der Waals surface area contributed by atoms with Gasteiger partial charge in [0.2, 0.25) is 5.91 Å². The third kappa shape index (κ3) is 4.22. The Balaban J connectivity index is 1.44. The van der Waals surface area contributed by atoms with E-state index in [9.17, 15) is 9.90 Å². The lowest BCUT2D eigenvalue weighted by molar-refractivity contribution is -0.129. The maximum absolute atomic E-state index is 12.8. The number of hydrogen-bond acceptors (Lipinski definition) is 7. The lowest BCUT2D eigenvalue weighted by Crippen LogP contribution is -2.50. The van der Waals surface area contributed by atoms with E-state index in [1.54, 1.807) is 0 Å². The van der Waals surface area contributed by atoms with Gasteiger partial charge in [-0.05, 0) is 25.0 Å². The summed E-state index contributed by atoms with van der Waals surface area (Å²) in [6, 6.07) is 9.66. The summed E-state index contributed by atoms with van der Waals surface area (Å²) in [5.41, 5.74) is 1.74. The van der Waals surface area contributed by atoms with Crippen molar-refractivity contribution in [1.82, 2.24) is 20.4 Å². The molecule has 1 aliphatic heterocycles. The Hall–Kier alpha value is -3.00. The van der Waals surface area contributed by atoms with Crippen molar-refractivity contribution in [3.63, 3.8) is 0 Å². The van der Waals surface area contributed by atoms with Crippen molar-refractivity contribution >= 4 is 22.6 Å². The van der Waals surface area contributed by atoms with E-state index in [4.69, 9.17) is 4.52 Å². The number of piperidine rings is 1. The second-order valence-corrected chi connectivity index (χ2v) is 7.38. The van der Waals surface area contributed by atoms with Gasteiger partial charge >= 0.3 is 0 Å². The van der Waals surface area contributed by atoms with Crippen molar-refractivity contribution in [1.29, 1.82) is 0 Å². The maximum Gasteiger partial charge on any atom is 0.227 e. The predicted octanol–water partition coefficient (Wildman–Crippen LogP) is 2.07. The second-order valence-electron chi connectivity index (χ2n) is 7.38. The Kier molecular flexibility index (Phi) is 5.71. The molecule has 1 aliphatic rings. The van der Waals surface area contributed by atoms with E-state index in [1.807, 2.05) is 30.3 Å². The minimum atomic E-state index is -0.690. The number of amides is 1. The van der Waals surface area contributed by atoms with Crippen LogP contribution in [0.2, 0.25) is 0 Å². The van der Waals surface area contributed by atoms with Crippen molar-refractivity contribution in [2.75, 3.05) is 18.0 Å². The van der Waals surface area contributed by atoms with E-state index in [-0.39, 0.29) is 12.5 Å². The number of carbonyl (C=O) groups is 1. The van der Waals surface area contributed by atoms with E-state index in [1.165, 1.54) is 6.33 Å². The number of fused-ring (bicyclic) bond motifs is 1. The second kappa shape index (κ2) is 8.57. The van der Waals surface area contributed by atoms with Crippen LogP contribution < -0.4 is 10.2 Å². The molecule has 29 heavy (non-hydrogen) atoms. The number of anilines is 1. The number of benzene rings is 1. The summed E-state index contributed by atoms with van der Waals surface area (Å²) in [7, 11) is 0. The molecule has 8 nitrogen and oxygen atoms in total. The molecule has 0 saturated carbocycles. The third-order valence-electron chi connectivity index (χ3n) is 5.29. The van der Waals surface area contributed by atoms with Crippen molar-refractivity contribution in [3.05, 3.63) is 48.1 Å². The first-order valence-corrected chi connectivity index (χ1v) is 10.0. The molecule has 0 spiro atoms. The zero-order valence-corrected chi connectivity index (χ0v) is 16.4. The Morgan fingerprint density at radius 1 is 1.34 bits per heavy atom. The molecule has 8 heteroatoms. The van der Waals surface area contributed by atoms with Crippen LogP contribution in [0.4, 0.5) is 5.82 Å². The van der Waals surface area contributed by atoms with Gasteiger partial charge in [0.15, 0.2) is 5.76 Å². The van der Waals surface area contributed by atoms with Gasteiger partial charge < -0.3 is 19.8 Å². The van der Waals surface area contributed by atoms with E-state index >= 15 is 0 Å². The van der Waals surface area contributed by atoms with Gasteiger partial charge in [-0.25, -0.2) is 9.97 Å². The lowest BCUT2D eigenvalue weighted by atomic mass is 9.93. The third-order valence-corrected chi connectivity index (χ3v) is 5.29. The fourth-order valence-electron chi connectivity index (χ4n) is 3.75. The van der Waals surface area contributed by atoms with Gasteiger partial charge in [-0.15, -0.1) is 0 Å². The number of nitrogens with one attached hydrogen (secondary N) is 1. The van der Waals surface area contributed by atoms with Gasteiger partial charge in [0.05, 0.1) is 29.8 Å². The van der Waals surface area contributed by atoms with Crippen LogP contribution in [0.1, 0.15) is 31.2 Å². The molecule has 2 N–H and O–H groups in total. The zero-order chi connectivity index (χ0) is 20.2. The van der Waals surface area contributed by atoms with Crippen molar-refractivity contribution in [3.8, 4) is 0 Å². The molecule has 3 heterocycles. The van der Waals surface area contributed by atoms with Gasteiger partial charge in [0, 0.05) is 24.5 Å². The normalized spacial score (nSPS) is 19.4. The number of aromatic nitrogens is 3. The number of hydrogen-bond donors (Lipinski definition) is 2. The van der Waals surface area contributed by atoms with Gasteiger partial charge in [-0.1, -0.05) is 30.6 Å². The monoisotopic (exact) mass is 395 g/mol. The summed E-state index contributed by atoms with van der Waals surface area (Å²) < 4.78 is 5.27. The number of rotatable bonds is 6. The molecule has 2 atom stereocenters. The molecule has 1 amide bonds. The molecule has 1 saturated heterocycles. The number of aliphatic hydroxyl groups excluding tert-OH is 1. The SMILES string of the molecule is CCCc1cc(CNC(=O)[C@H]2CN(c3ncnc4ccccc34)CC[C@H]2O)on1. The number of aliphatic hydroxyl groups is 1. The molecule has 1 fully saturated rings. The van der Waals surface area contributed by atoms with Gasteiger partial charge in [0.1, 0.15) is 12.1 Å². The van der Waals surface area contributed by atoms with Crippen LogP contribution in [-0.2, 0) is 17.8 Å². The Morgan fingerprint density at radius 3 is 3.07 bits per heavy atom. The molecule has 3 aromatic rings. The summed E-state index contributed by atoms with van der Waals surface area (Å²) in [5.74, 6) is 0.662. The Morgan fingerprint density at radius 2 is 2.21 bits per heavy atom. The minimum Gasteiger partial charge on any atom is -0.392 e. The van der Waals surface area contributed by atoms with Gasteiger partial charge in [-0.2, -0.15) is 0 Å². The highest BCUT2D eigenvalue weighted by molar-refractivity contribution is 5.89. The Labute approximate surface area is 168 Å². The van der Waals surface area contributed by atoms with E-state index in [2.05, 4.69) is 32.3 Å². The average molecular weight is 395 g/mol. The number of nitrogens with zero attached hydrogens (tertiary/aromatic N) is 4. The van der Waals surface area contributed by atoms with Gasteiger partial charge in [-0.3, -0.25) is 4.79 Å². The highest BCUT2D eigenvalue weighted by Gasteiger charge is 2.34. The van der Waals surface area contributed by atoms with Crippen molar-refractivity contribution in [2.45, 2.75) is 38.8 Å². The first kappa shape index (κ1) is 19.3. The van der Waals surface area contributed by atoms with Crippen molar-refractivity contribution < 1.29 is 14.4 Å². The first-order chi connectivity index (χ1) is 14.2. The highest BCUT2D eigenvalue weighted by Crippen LogP contribution is 2.27. The summed E-state index contributed by atoms with van der Waals surface area (Å²) in [4.78, 5) is 23.6. The average Bonchev–Trinajstić information content (AvgIpc) is 3.20. The van der Waals surface area contributed by atoms with Crippen LogP contribution in [0.3, 0.4) is 0 Å². The topological polar surface area (TPSA) is 104 Å². The van der Waals surface area contributed by atoms with E-state index < -0.39 is 12.0 Å². The molecule has 0 unspecified atom stereocenters. The van der Waals surface area contributed by atoms with Crippen LogP contribution in [0.25, 0.3) is 10.9 Å². The molecule has 152 valence electrons. The molecule has 2 aromatic heterocycles. The van der Waals surface area contributed by atoms with Crippen LogP contribution in [0.15, 0.2) is 41.2 Å². The van der Waals surface area contributed by atoms with E-state index in [0.29, 0.717) is 25.3 Å². The molecule has 0 radical (unpaired) electrons. The molecule has 1 aromatic carbocycles. The summed E-state index contributed by atoms with van der Waals surface area (Å²) >= 11 is 0. The quantitative estimate of drug-likeness (QED) is 0.658. The van der Waals surface area contributed by atoms with Crippen LogP contribution >= 0.6 is 0 Å². The minimum absolute atomic E-state index is 0.200. The first-order valence-electron chi connectivity index (χ1n) is 10.0. The molecule has 0 aliphatic carbocycles. The number of para-hydroxylation sites is 1. The Bertz CT molecular complexity index is 984. The number of aryl methyl sites for hydroxylation is 1. The zero-order valence-electron chi connectivity index (χ0n) is 16.4. The molecule has 0 bridgehead atoms. The smallest absolute Gasteiger partial charge is 0.227 e. The predicted molar refractivity (Wildman–Crippen MR) is 108 cm³/mol. The summed E-state index contributed by atoms with van der Waals surface area (Å²) in [5, 5.41) is 18.2. The largest absolute Gasteiger partial charge is 0.392 e.